The van der Waals surface area contributed by atoms with Gasteiger partial charge in [0.05, 0.1) is 11.9 Å². The van der Waals surface area contributed by atoms with Gasteiger partial charge < -0.3 is 0 Å². The summed E-state index contributed by atoms with van der Waals surface area (Å²) in [5.41, 5.74) is 3.64. The number of aryl methyl sites for hydroxylation is 1. The number of hydrogen-bond acceptors (Lipinski definition) is 2. The van der Waals surface area contributed by atoms with Crippen LogP contribution in [0.3, 0.4) is 0 Å². The van der Waals surface area contributed by atoms with Gasteiger partial charge in [0.2, 0.25) is 0 Å². The Morgan fingerprint density at radius 3 is 2.68 bits per heavy atom. The predicted molar refractivity (Wildman–Crippen MR) is 89.7 cm³/mol. The second-order valence-corrected chi connectivity index (χ2v) is 6.52. The van der Waals surface area contributed by atoms with Crippen molar-refractivity contribution in [3.8, 4) is 11.3 Å². The van der Waals surface area contributed by atoms with Crippen molar-refractivity contribution in [3.63, 3.8) is 0 Å². The van der Waals surface area contributed by atoms with E-state index in [-0.39, 0.29) is 0 Å². The van der Waals surface area contributed by atoms with Crippen LogP contribution in [0.2, 0.25) is 0 Å². The summed E-state index contributed by atoms with van der Waals surface area (Å²) in [6, 6.07) is 13.2. The maximum Gasteiger partial charge on any atom is 0.0885 e. The number of aromatic nitrogens is 3. The van der Waals surface area contributed by atoms with Crippen molar-refractivity contribution in [3.05, 3.63) is 48.2 Å². The maximum atomic E-state index is 4.32. The molecule has 1 aliphatic rings. The van der Waals surface area contributed by atoms with Gasteiger partial charge in [-0.2, -0.15) is 0 Å². The van der Waals surface area contributed by atoms with Gasteiger partial charge in [-0.3, -0.25) is 0 Å². The van der Waals surface area contributed by atoms with Gasteiger partial charge in [-0.15, -0.1) is 5.10 Å². The summed E-state index contributed by atoms with van der Waals surface area (Å²) in [7, 11) is 0. The van der Waals surface area contributed by atoms with Gasteiger partial charge in [0.1, 0.15) is 0 Å². The molecule has 0 bridgehead atoms. The Kier molecular flexibility index (Phi) is 3.41. The highest BCUT2D eigenvalue weighted by atomic mass is 15.4. The molecule has 3 aromatic rings. The van der Waals surface area contributed by atoms with Crippen molar-refractivity contribution < 1.29 is 0 Å². The molecule has 1 aliphatic carbocycles. The summed E-state index contributed by atoms with van der Waals surface area (Å²) in [5.74, 6) is 0.767. The third-order valence-electron chi connectivity index (χ3n) is 4.82. The molecule has 1 fully saturated rings. The fourth-order valence-corrected chi connectivity index (χ4v) is 3.58. The Balaban J connectivity index is 1.69. The Hall–Kier alpha value is -2.16. The monoisotopic (exact) mass is 291 g/mol. The molecule has 4 rings (SSSR count). The molecule has 0 spiro atoms. The quantitative estimate of drug-likeness (QED) is 0.706. The minimum absolute atomic E-state index is 0.767. The molecule has 0 unspecified atom stereocenters. The number of fused-ring (bicyclic) bond motifs is 1. The van der Waals surface area contributed by atoms with E-state index in [1.807, 2.05) is 6.20 Å². The summed E-state index contributed by atoms with van der Waals surface area (Å²) in [6.45, 7) is 3.13. The molecule has 0 N–H and O–H groups in total. The average Bonchev–Trinajstić information content (AvgIpc) is 3.19. The van der Waals surface area contributed by atoms with Crippen LogP contribution >= 0.6 is 0 Å². The average molecular weight is 291 g/mol. The second-order valence-electron chi connectivity index (χ2n) is 6.52. The predicted octanol–water partition coefficient (Wildman–Crippen LogP) is 4.60. The molecule has 1 aromatic heterocycles. The fraction of sp³-hybridized carbons (Fsp3) is 0.368. The smallest absolute Gasteiger partial charge is 0.0885 e. The molecule has 0 radical (unpaired) electrons. The molecular weight excluding hydrogens is 270 g/mol. The van der Waals surface area contributed by atoms with Crippen molar-refractivity contribution in [1.29, 1.82) is 0 Å². The van der Waals surface area contributed by atoms with E-state index in [1.54, 1.807) is 0 Å². The minimum atomic E-state index is 0.767. The molecule has 22 heavy (non-hydrogen) atoms. The van der Waals surface area contributed by atoms with Gasteiger partial charge in [0.25, 0.3) is 0 Å². The third kappa shape index (κ3) is 2.52. The minimum Gasteiger partial charge on any atom is -0.244 e. The topological polar surface area (TPSA) is 30.7 Å². The molecule has 0 atom stereocenters. The maximum absolute atomic E-state index is 4.32. The zero-order valence-electron chi connectivity index (χ0n) is 13.0. The van der Waals surface area contributed by atoms with Crippen LogP contribution in [0, 0.1) is 12.8 Å². The number of benzene rings is 2. The summed E-state index contributed by atoms with van der Waals surface area (Å²) in [5, 5.41) is 11.0. The van der Waals surface area contributed by atoms with E-state index in [4.69, 9.17) is 0 Å². The van der Waals surface area contributed by atoms with Crippen LogP contribution in [-0.2, 0) is 6.54 Å². The molecule has 0 aliphatic heterocycles. The van der Waals surface area contributed by atoms with E-state index in [1.165, 1.54) is 47.6 Å². The SMILES string of the molecule is Cc1ccc2cc(-c3cnnn3CC3CCCC3)ccc2c1. The molecule has 112 valence electrons. The third-order valence-corrected chi connectivity index (χ3v) is 4.82. The fourth-order valence-electron chi connectivity index (χ4n) is 3.58. The largest absolute Gasteiger partial charge is 0.244 e. The van der Waals surface area contributed by atoms with E-state index in [0.717, 1.165) is 18.2 Å². The van der Waals surface area contributed by atoms with Crippen LogP contribution in [0.1, 0.15) is 31.2 Å². The van der Waals surface area contributed by atoms with Gasteiger partial charge in [0.15, 0.2) is 0 Å². The summed E-state index contributed by atoms with van der Waals surface area (Å²) < 4.78 is 2.09. The van der Waals surface area contributed by atoms with Crippen LogP contribution in [0.15, 0.2) is 42.6 Å². The summed E-state index contributed by atoms with van der Waals surface area (Å²) in [4.78, 5) is 0. The zero-order chi connectivity index (χ0) is 14.9. The number of hydrogen-bond donors (Lipinski definition) is 0. The highest BCUT2D eigenvalue weighted by molar-refractivity contribution is 5.87. The first kappa shape index (κ1) is 13.5. The van der Waals surface area contributed by atoms with Crippen molar-refractivity contribution in [2.24, 2.45) is 5.92 Å². The Morgan fingerprint density at radius 1 is 1.05 bits per heavy atom. The van der Waals surface area contributed by atoms with E-state index >= 15 is 0 Å². The first-order valence-electron chi connectivity index (χ1n) is 8.19. The van der Waals surface area contributed by atoms with Crippen molar-refractivity contribution >= 4 is 10.8 Å². The molecule has 2 aromatic carbocycles. The normalized spacial score (nSPS) is 15.7. The lowest BCUT2D eigenvalue weighted by Crippen LogP contribution is -2.10. The first-order valence-corrected chi connectivity index (χ1v) is 8.19. The van der Waals surface area contributed by atoms with Gasteiger partial charge >= 0.3 is 0 Å². The molecule has 1 heterocycles. The number of rotatable bonds is 3. The van der Waals surface area contributed by atoms with Crippen LogP contribution in [0.25, 0.3) is 22.0 Å². The van der Waals surface area contributed by atoms with Gasteiger partial charge in [-0.1, -0.05) is 54.0 Å². The Labute approximate surface area is 131 Å². The molecule has 3 heteroatoms. The van der Waals surface area contributed by atoms with E-state index in [0.29, 0.717) is 0 Å². The molecule has 0 amide bonds. The lowest BCUT2D eigenvalue weighted by atomic mass is 10.0. The van der Waals surface area contributed by atoms with Crippen LogP contribution in [-0.4, -0.2) is 15.0 Å². The highest BCUT2D eigenvalue weighted by Gasteiger charge is 2.18. The lowest BCUT2D eigenvalue weighted by Gasteiger charge is -2.12. The highest BCUT2D eigenvalue weighted by Crippen LogP contribution is 2.29. The van der Waals surface area contributed by atoms with Gasteiger partial charge in [0, 0.05) is 12.1 Å². The second kappa shape index (κ2) is 5.56. The molecule has 1 saturated carbocycles. The molecular formula is C19H21N3. The first-order chi connectivity index (χ1) is 10.8. The molecule has 0 saturated heterocycles. The van der Waals surface area contributed by atoms with Crippen LogP contribution < -0.4 is 0 Å². The van der Waals surface area contributed by atoms with Gasteiger partial charge in [-0.05, 0) is 42.5 Å². The lowest BCUT2D eigenvalue weighted by molar-refractivity contribution is 0.424. The van der Waals surface area contributed by atoms with Crippen molar-refractivity contribution in [1.82, 2.24) is 15.0 Å². The summed E-state index contributed by atoms with van der Waals surface area (Å²) >= 11 is 0. The van der Waals surface area contributed by atoms with E-state index in [9.17, 15) is 0 Å². The van der Waals surface area contributed by atoms with Crippen LogP contribution in [0.5, 0.6) is 0 Å². The van der Waals surface area contributed by atoms with Crippen molar-refractivity contribution in [2.45, 2.75) is 39.2 Å². The van der Waals surface area contributed by atoms with Crippen LogP contribution in [0.4, 0.5) is 0 Å². The number of nitrogens with zero attached hydrogens (tertiary/aromatic N) is 3. The van der Waals surface area contributed by atoms with E-state index in [2.05, 4.69) is 58.3 Å². The standard InChI is InChI=1S/C19H21N3/c1-14-6-7-17-11-18(9-8-16(17)10-14)19-12-20-21-22(19)13-15-4-2-3-5-15/h6-12,15H,2-5,13H2,1H3. The van der Waals surface area contributed by atoms with E-state index < -0.39 is 0 Å². The molecule has 3 nitrogen and oxygen atoms in total. The Bertz CT molecular complexity index is 797. The van der Waals surface area contributed by atoms with Gasteiger partial charge in [-0.25, -0.2) is 4.68 Å². The summed E-state index contributed by atoms with van der Waals surface area (Å²) in [6.07, 6.45) is 7.28. The zero-order valence-corrected chi connectivity index (χ0v) is 13.0. The van der Waals surface area contributed by atoms with Crippen molar-refractivity contribution in [2.75, 3.05) is 0 Å². The Morgan fingerprint density at radius 2 is 1.82 bits per heavy atom.